The van der Waals surface area contributed by atoms with E-state index in [0.29, 0.717) is 18.6 Å². The van der Waals surface area contributed by atoms with Gasteiger partial charge in [-0.3, -0.25) is 4.90 Å². The smallest absolute Gasteiger partial charge is 0.119 e. The lowest BCUT2D eigenvalue weighted by Crippen LogP contribution is -2.40. The Morgan fingerprint density at radius 3 is 2.92 bits per heavy atom. The molecular formula is C20H27N3O2. The van der Waals surface area contributed by atoms with Gasteiger partial charge in [0.15, 0.2) is 0 Å². The Morgan fingerprint density at radius 2 is 2.16 bits per heavy atom. The zero-order valence-electron chi connectivity index (χ0n) is 15.1. The van der Waals surface area contributed by atoms with Crippen LogP contribution in [0, 0.1) is 5.92 Å². The predicted octanol–water partition coefficient (Wildman–Crippen LogP) is 2.87. The van der Waals surface area contributed by atoms with E-state index in [2.05, 4.69) is 23.0 Å². The summed E-state index contributed by atoms with van der Waals surface area (Å²) >= 11 is 0. The number of imidazole rings is 1. The molecule has 0 unspecified atom stereocenters. The van der Waals surface area contributed by atoms with E-state index < -0.39 is 0 Å². The van der Waals surface area contributed by atoms with Gasteiger partial charge in [0.2, 0.25) is 0 Å². The lowest BCUT2D eigenvalue weighted by atomic mass is 9.89. The third-order valence-electron chi connectivity index (χ3n) is 5.31. The number of aromatic nitrogens is 2. The molecule has 134 valence electrons. The van der Waals surface area contributed by atoms with E-state index in [0.717, 1.165) is 43.9 Å². The van der Waals surface area contributed by atoms with Crippen molar-refractivity contribution in [3.63, 3.8) is 0 Å². The summed E-state index contributed by atoms with van der Waals surface area (Å²) in [5.74, 6) is 1.50. The molecule has 3 atom stereocenters. The van der Waals surface area contributed by atoms with E-state index in [1.54, 1.807) is 0 Å². The van der Waals surface area contributed by atoms with Crippen LogP contribution in [0.15, 0.2) is 42.9 Å². The first-order valence-electron chi connectivity index (χ1n) is 9.14. The number of ether oxygens (including phenoxy) is 2. The molecule has 1 aromatic heterocycles. The Labute approximate surface area is 149 Å². The molecule has 0 N–H and O–H groups in total. The maximum Gasteiger partial charge on any atom is 0.119 e. The Balaban J connectivity index is 1.33. The molecule has 0 saturated carbocycles. The Hall–Kier alpha value is -1.85. The van der Waals surface area contributed by atoms with Crippen molar-refractivity contribution in [3.8, 4) is 5.75 Å². The fourth-order valence-corrected chi connectivity index (χ4v) is 4.17. The summed E-state index contributed by atoms with van der Waals surface area (Å²) in [6.07, 6.45) is 6.50. The van der Waals surface area contributed by atoms with E-state index in [1.165, 1.54) is 0 Å². The van der Waals surface area contributed by atoms with Crippen molar-refractivity contribution in [3.05, 3.63) is 48.5 Å². The molecule has 0 amide bonds. The average molecular weight is 341 g/mol. The minimum absolute atomic E-state index is 0.188. The summed E-state index contributed by atoms with van der Waals surface area (Å²) in [7, 11) is 2.02. The highest BCUT2D eigenvalue weighted by Gasteiger charge is 2.46. The number of para-hydroxylation sites is 1. The molecule has 25 heavy (non-hydrogen) atoms. The summed E-state index contributed by atoms with van der Waals surface area (Å²) in [5.41, 5.74) is 0.960. The van der Waals surface area contributed by atoms with Gasteiger partial charge in [-0.1, -0.05) is 18.2 Å². The summed E-state index contributed by atoms with van der Waals surface area (Å²) in [6, 6.07) is 10.0. The monoisotopic (exact) mass is 341 g/mol. The van der Waals surface area contributed by atoms with Gasteiger partial charge >= 0.3 is 0 Å². The number of nitrogens with zero attached hydrogens (tertiary/aromatic N) is 3. The first kappa shape index (κ1) is 16.6. The minimum Gasteiger partial charge on any atom is -0.491 e. The molecule has 5 nitrogen and oxygen atoms in total. The molecule has 0 spiro atoms. The second-order valence-corrected chi connectivity index (χ2v) is 7.73. The average Bonchev–Trinajstić information content (AvgIpc) is 3.16. The second kappa shape index (κ2) is 6.81. The highest BCUT2D eigenvalue weighted by molar-refractivity contribution is 5.21. The molecule has 0 bridgehead atoms. The molecule has 1 aromatic carbocycles. The highest BCUT2D eigenvalue weighted by atomic mass is 16.6. The molecule has 0 radical (unpaired) electrons. The number of aryl methyl sites for hydroxylation is 1. The predicted molar refractivity (Wildman–Crippen MR) is 96.4 cm³/mol. The molecule has 5 heteroatoms. The normalized spacial score (nSPS) is 29.5. The van der Waals surface area contributed by atoms with Gasteiger partial charge < -0.3 is 14.0 Å². The quantitative estimate of drug-likeness (QED) is 0.838. The van der Waals surface area contributed by atoms with Crippen LogP contribution < -0.4 is 4.74 Å². The number of benzene rings is 1. The van der Waals surface area contributed by atoms with Crippen LogP contribution in [0.3, 0.4) is 0 Å². The number of hydrogen-bond donors (Lipinski definition) is 0. The molecule has 4 rings (SSSR count). The Kier molecular flexibility index (Phi) is 4.52. The summed E-state index contributed by atoms with van der Waals surface area (Å²) < 4.78 is 14.4. The molecule has 2 aliphatic rings. The topological polar surface area (TPSA) is 39.5 Å². The van der Waals surface area contributed by atoms with Gasteiger partial charge in [-0.05, 0) is 31.9 Å². The Morgan fingerprint density at radius 1 is 1.32 bits per heavy atom. The SMILES string of the molecule is Cn1cnc(CN2CC[C@@H]3O[C@@](C)(COc4ccccc4)C[C@@H]3C2)c1. The molecule has 2 aliphatic heterocycles. The lowest BCUT2D eigenvalue weighted by molar-refractivity contribution is -0.0698. The van der Waals surface area contributed by atoms with Crippen LogP contribution in [0.5, 0.6) is 5.75 Å². The van der Waals surface area contributed by atoms with Crippen LogP contribution in [0.25, 0.3) is 0 Å². The van der Waals surface area contributed by atoms with Crippen LogP contribution in [0.4, 0.5) is 0 Å². The lowest BCUT2D eigenvalue weighted by Gasteiger charge is -2.33. The van der Waals surface area contributed by atoms with Crippen LogP contribution in [-0.2, 0) is 18.3 Å². The van der Waals surface area contributed by atoms with E-state index in [1.807, 2.05) is 48.3 Å². The van der Waals surface area contributed by atoms with Crippen molar-refractivity contribution in [2.24, 2.45) is 13.0 Å². The summed E-state index contributed by atoms with van der Waals surface area (Å²) in [5, 5.41) is 0. The van der Waals surface area contributed by atoms with Gasteiger partial charge in [0.1, 0.15) is 18.0 Å². The van der Waals surface area contributed by atoms with Gasteiger partial charge in [-0.15, -0.1) is 0 Å². The van der Waals surface area contributed by atoms with Crippen LogP contribution >= 0.6 is 0 Å². The van der Waals surface area contributed by atoms with E-state index in [-0.39, 0.29) is 5.60 Å². The zero-order valence-corrected chi connectivity index (χ0v) is 15.1. The van der Waals surface area contributed by atoms with Gasteiger partial charge in [0.25, 0.3) is 0 Å². The number of hydrogen-bond acceptors (Lipinski definition) is 4. The third-order valence-corrected chi connectivity index (χ3v) is 5.31. The zero-order chi connectivity index (χ0) is 17.3. The van der Waals surface area contributed by atoms with Crippen molar-refractivity contribution in [2.75, 3.05) is 19.7 Å². The highest BCUT2D eigenvalue weighted by Crippen LogP contribution is 2.39. The molecule has 2 fully saturated rings. The van der Waals surface area contributed by atoms with Crippen molar-refractivity contribution in [2.45, 2.75) is 38.0 Å². The second-order valence-electron chi connectivity index (χ2n) is 7.73. The largest absolute Gasteiger partial charge is 0.491 e. The van der Waals surface area contributed by atoms with E-state index >= 15 is 0 Å². The minimum atomic E-state index is -0.188. The number of piperidine rings is 1. The molecular weight excluding hydrogens is 314 g/mol. The number of fused-ring (bicyclic) bond motifs is 1. The maximum atomic E-state index is 6.41. The number of likely N-dealkylation sites (tertiary alicyclic amines) is 1. The van der Waals surface area contributed by atoms with Crippen LogP contribution in [0.2, 0.25) is 0 Å². The van der Waals surface area contributed by atoms with Gasteiger partial charge in [-0.25, -0.2) is 4.98 Å². The Bertz CT molecular complexity index is 702. The van der Waals surface area contributed by atoms with Gasteiger partial charge in [0, 0.05) is 38.8 Å². The summed E-state index contributed by atoms with van der Waals surface area (Å²) in [6.45, 7) is 5.90. The fourth-order valence-electron chi connectivity index (χ4n) is 4.17. The molecule has 2 saturated heterocycles. The van der Waals surface area contributed by atoms with Crippen molar-refractivity contribution < 1.29 is 9.47 Å². The third kappa shape index (κ3) is 3.88. The molecule has 3 heterocycles. The maximum absolute atomic E-state index is 6.41. The van der Waals surface area contributed by atoms with E-state index in [4.69, 9.17) is 9.47 Å². The van der Waals surface area contributed by atoms with Gasteiger partial charge in [0.05, 0.1) is 18.1 Å². The molecule has 0 aliphatic carbocycles. The van der Waals surface area contributed by atoms with Crippen molar-refractivity contribution in [1.82, 2.24) is 14.5 Å². The summed E-state index contributed by atoms with van der Waals surface area (Å²) in [4.78, 5) is 6.97. The first-order chi connectivity index (χ1) is 12.1. The first-order valence-corrected chi connectivity index (χ1v) is 9.14. The van der Waals surface area contributed by atoms with Crippen LogP contribution in [-0.4, -0.2) is 45.9 Å². The molecule has 2 aromatic rings. The fraction of sp³-hybridized carbons (Fsp3) is 0.550. The van der Waals surface area contributed by atoms with Crippen molar-refractivity contribution >= 4 is 0 Å². The van der Waals surface area contributed by atoms with E-state index in [9.17, 15) is 0 Å². The standard InChI is InChI=1S/C20H27N3O2/c1-20(14-24-18-6-4-3-5-7-18)10-16-11-23(9-8-19(16)25-20)13-17-12-22(2)15-21-17/h3-7,12,15-16,19H,8-11,13-14H2,1-2H3/t16-,19+,20-/m1/s1. The number of rotatable bonds is 5. The van der Waals surface area contributed by atoms with Gasteiger partial charge in [-0.2, -0.15) is 0 Å². The van der Waals surface area contributed by atoms with Crippen molar-refractivity contribution in [1.29, 1.82) is 0 Å². The van der Waals surface area contributed by atoms with Crippen LogP contribution in [0.1, 0.15) is 25.5 Å².